The number of benzene rings is 1. The van der Waals surface area contributed by atoms with Crippen LogP contribution in [-0.4, -0.2) is 31.1 Å². The Balaban J connectivity index is 1.97. The van der Waals surface area contributed by atoms with Gasteiger partial charge in [0.2, 0.25) is 0 Å². The lowest BCUT2D eigenvalue weighted by atomic mass is 10.1. The number of nitrogens with zero attached hydrogens (tertiary/aromatic N) is 2. The smallest absolute Gasteiger partial charge is 0.280 e. The van der Waals surface area contributed by atoms with Crippen molar-refractivity contribution >= 4 is 28.5 Å². The second-order valence-corrected chi connectivity index (χ2v) is 7.10. The third kappa shape index (κ3) is 3.61. The maximum Gasteiger partial charge on any atom is 0.280 e. The van der Waals surface area contributed by atoms with Crippen LogP contribution in [0.2, 0.25) is 5.02 Å². The molecule has 0 aliphatic rings. The zero-order valence-corrected chi connectivity index (χ0v) is 15.5. The summed E-state index contributed by atoms with van der Waals surface area (Å²) in [7, 11) is -1.46. The Bertz CT molecular complexity index is 1040. The van der Waals surface area contributed by atoms with Gasteiger partial charge in [0.25, 0.3) is 11.5 Å². The van der Waals surface area contributed by atoms with E-state index < -0.39 is 16.9 Å². The van der Waals surface area contributed by atoms with Gasteiger partial charge in [-0.3, -0.25) is 19.4 Å². The minimum atomic E-state index is -1.46. The molecule has 0 fully saturated rings. The van der Waals surface area contributed by atoms with Crippen molar-refractivity contribution in [1.82, 2.24) is 19.5 Å². The summed E-state index contributed by atoms with van der Waals surface area (Å²) in [5.74, 6) is -0.158. The molecule has 9 heteroatoms. The lowest BCUT2D eigenvalue weighted by Gasteiger charge is -2.03. The summed E-state index contributed by atoms with van der Waals surface area (Å²) in [4.78, 5) is 28.7. The van der Waals surface area contributed by atoms with Crippen molar-refractivity contribution in [3.63, 3.8) is 0 Å². The van der Waals surface area contributed by atoms with Gasteiger partial charge in [0.15, 0.2) is 5.82 Å². The van der Waals surface area contributed by atoms with Crippen LogP contribution in [-0.2, 0) is 11.0 Å². The number of rotatable bonds is 4. The second kappa shape index (κ2) is 7.27. The van der Waals surface area contributed by atoms with E-state index >= 15 is 0 Å². The van der Waals surface area contributed by atoms with E-state index in [0.29, 0.717) is 22.1 Å². The Morgan fingerprint density at radius 1 is 1.23 bits per heavy atom. The summed E-state index contributed by atoms with van der Waals surface area (Å²) < 4.78 is 14.6. The molecule has 26 heavy (non-hydrogen) atoms. The van der Waals surface area contributed by atoms with Gasteiger partial charge in [-0.2, -0.15) is 0 Å². The number of aromatic amines is 1. The molecule has 1 atom stereocenters. The minimum Gasteiger partial charge on any atom is -0.293 e. The van der Waals surface area contributed by atoms with E-state index in [1.54, 1.807) is 31.2 Å². The number of amides is 1. The highest BCUT2D eigenvalue weighted by Gasteiger charge is 2.15. The van der Waals surface area contributed by atoms with E-state index in [1.807, 2.05) is 0 Å². The number of aryl methyl sites for hydroxylation is 1. The number of carbonyl (C=O) groups is 1. The van der Waals surface area contributed by atoms with E-state index in [1.165, 1.54) is 29.3 Å². The highest BCUT2D eigenvalue weighted by atomic mass is 35.5. The number of pyridine rings is 1. The van der Waals surface area contributed by atoms with Gasteiger partial charge in [0.05, 0.1) is 11.1 Å². The molecule has 2 N–H and O–H groups in total. The van der Waals surface area contributed by atoms with Gasteiger partial charge < -0.3 is 0 Å². The molecule has 0 aliphatic carbocycles. The first-order chi connectivity index (χ1) is 12.4. The van der Waals surface area contributed by atoms with Crippen molar-refractivity contribution in [2.45, 2.75) is 6.92 Å². The third-order valence-electron chi connectivity index (χ3n) is 3.68. The van der Waals surface area contributed by atoms with Crippen LogP contribution < -0.4 is 10.3 Å². The Morgan fingerprint density at radius 3 is 2.50 bits per heavy atom. The molecule has 0 saturated carbocycles. The molecule has 3 rings (SSSR count). The fraction of sp³-hybridized carbons (Fsp3) is 0.118. The summed E-state index contributed by atoms with van der Waals surface area (Å²) in [6, 6.07) is 10.0. The van der Waals surface area contributed by atoms with Gasteiger partial charge >= 0.3 is 0 Å². The van der Waals surface area contributed by atoms with Crippen molar-refractivity contribution < 1.29 is 9.00 Å². The van der Waals surface area contributed by atoms with E-state index in [2.05, 4.69) is 14.8 Å². The molecular formula is C17H15ClN4O3S. The minimum absolute atomic E-state index is 0.248. The van der Waals surface area contributed by atoms with Crippen molar-refractivity contribution in [2.24, 2.45) is 0 Å². The van der Waals surface area contributed by atoms with Crippen LogP contribution in [0.5, 0.6) is 0 Å². The van der Waals surface area contributed by atoms with Crippen molar-refractivity contribution in [3.8, 4) is 16.9 Å². The number of aromatic nitrogens is 3. The fourth-order valence-electron chi connectivity index (χ4n) is 2.51. The highest BCUT2D eigenvalue weighted by molar-refractivity contribution is 7.82. The molecule has 2 heterocycles. The Kier molecular flexibility index (Phi) is 5.06. The number of carbonyl (C=O) groups excluding carboxylic acids is 1. The zero-order valence-electron chi connectivity index (χ0n) is 13.9. The van der Waals surface area contributed by atoms with Crippen LogP contribution in [0.4, 0.5) is 0 Å². The second-order valence-electron chi connectivity index (χ2n) is 5.55. The zero-order chi connectivity index (χ0) is 18.8. The van der Waals surface area contributed by atoms with Gasteiger partial charge in [-0.1, -0.05) is 23.7 Å². The normalized spacial score (nSPS) is 12.0. The summed E-state index contributed by atoms with van der Waals surface area (Å²) in [5, 5.41) is 3.57. The molecule has 0 bridgehead atoms. The van der Waals surface area contributed by atoms with Gasteiger partial charge in [-0.25, -0.2) is 13.9 Å². The van der Waals surface area contributed by atoms with Crippen LogP contribution in [0.3, 0.4) is 0 Å². The number of hydrogen-bond acceptors (Lipinski definition) is 4. The summed E-state index contributed by atoms with van der Waals surface area (Å²) >= 11 is 5.90. The van der Waals surface area contributed by atoms with Crippen molar-refractivity contribution in [1.29, 1.82) is 0 Å². The molecule has 1 amide bonds. The predicted octanol–water partition coefficient (Wildman–Crippen LogP) is 2.21. The first-order valence-corrected chi connectivity index (χ1v) is 9.49. The molecule has 0 aliphatic heterocycles. The van der Waals surface area contributed by atoms with E-state index in [9.17, 15) is 13.8 Å². The molecule has 0 saturated heterocycles. The van der Waals surface area contributed by atoms with Crippen LogP contribution in [0, 0.1) is 6.92 Å². The first-order valence-electron chi connectivity index (χ1n) is 7.55. The molecule has 1 aromatic carbocycles. The summed E-state index contributed by atoms with van der Waals surface area (Å²) in [6.07, 6.45) is 2.68. The highest BCUT2D eigenvalue weighted by Crippen LogP contribution is 2.21. The summed E-state index contributed by atoms with van der Waals surface area (Å²) in [5.41, 5.74) is 1.93. The molecule has 7 nitrogen and oxygen atoms in total. The lowest BCUT2D eigenvalue weighted by molar-refractivity contribution is 0.0983. The Labute approximate surface area is 156 Å². The Morgan fingerprint density at radius 2 is 1.92 bits per heavy atom. The van der Waals surface area contributed by atoms with E-state index in [-0.39, 0.29) is 11.1 Å². The summed E-state index contributed by atoms with van der Waals surface area (Å²) in [6.45, 7) is 1.79. The van der Waals surface area contributed by atoms with Gasteiger partial charge in [-0.15, -0.1) is 0 Å². The third-order valence-corrected chi connectivity index (χ3v) is 4.40. The average Bonchev–Trinajstić information content (AvgIpc) is 2.90. The number of halogens is 1. The van der Waals surface area contributed by atoms with Crippen LogP contribution in [0.15, 0.2) is 47.4 Å². The monoisotopic (exact) mass is 390 g/mol. The average molecular weight is 391 g/mol. The maximum absolute atomic E-state index is 12.8. The van der Waals surface area contributed by atoms with Gasteiger partial charge in [-0.05, 0) is 36.8 Å². The topological polar surface area (TPSA) is 96.8 Å². The molecular weight excluding hydrogens is 376 g/mol. The lowest BCUT2D eigenvalue weighted by Crippen LogP contribution is -2.25. The van der Waals surface area contributed by atoms with Crippen molar-refractivity contribution in [2.75, 3.05) is 6.26 Å². The number of nitrogens with one attached hydrogen (secondary N) is 2. The standard InChI is InChI=1S/C17H15ClN4O3S/c1-10-15(11-3-6-13(18)7-4-11)17(24)22(20-10)14-8-5-12(9-19-14)16(23)21-26(2)25/h3-9,20H,1-2H3,(H,21,23). The van der Waals surface area contributed by atoms with Crippen LogP contribution >= 0.6 is 11.6 Å². The van der Waals surface area contributed by atoms with E-state index in [4.69, 9.17) is 11.6 Å². The molecule has 0 radical (unpaired) electrons. The SMILES string of the molecule is Cc1[nH]n(-c2ccc(C(=O)NS(C)=O)cn2)c(=O)c1-c1ccc(Cl)cc1. The maximum atomic E-state index is 12.8. The number of hydrogen-bond donors (Lipinski definition) is 2. The molecule has 0 spiro atoms. The van der Waals surface area contributed by atoms with Crippen LogP contribution in [0.25, 0.3) is 16.9 Å². The first kappa shape index (κ1) is 18.1. The van der Waals surface area contributed by atoms with Crippen molar-refractivity contribution in [3.05, 3.63) is 69.2 Å². The Hall–Kier alpha value is -2.71. The van der Waals surface area contributed by atoms with Gasteiger partial charge in [0, 0.05) is 23.2 Å². The molecule has 1 unspecified atom stereocenters. The molecule has 3 aromatic rings. The van der Waals surface area contributed by atoms with E-state index in [0.717, 1.165) is 5.56 Å². The molecule has 134 valence electrons. The fourth-order valence-corrected chi connectivity index (χ4v) is 3.01. The van der Waals surface area contributed by atoms with Gasteiger partial charge in [0.1, 0.15) is 11.0 Å². The predicted molar refractivity (Wildman–Crippen MR) is 101 cm³/mol. The molecule has 2 aromatic heterocycles. The van der Waals surface area contributed by atoms with Crippen LogP contribution in [0.1, 0.15) is 16.1 Å². The number of H-pyrrole nitrogens is 1. The largest absolute Gasteiger partial charge is 0.293 e. The quantitative estimate of drug-likeness (QED) is 0.713.